The Morgan fingerprint density at radius 2 is 1.85 bits per heavy atom. The van der Waals surface area contributed by atoms with Gasteiger partial charge in [0.15, 0.2) is 0 Å². The Balaban J connectivity index is -0.000000150. The number of aliphatic carboxylic acids is 1. The summed E-state index contributed by atoms with van der Waals surface area (Å²) >= 11 is 0. The second kappa shape index (κ2) is 10.2. The van der Waals surface area contributed by atoms with Crippen LogP contribution in [0.15, 0.2) is 12.7 Å². The molecule has 0 unspecified atom stereocenters. The first-order valence-corrected chi connectivity index (χ1v) is 4.75. The van der Waals surface area contributed by atoms with Crippen molar-refractivity contribution in [3.8, 4) is 0 Å². The molecule has 0 aliphatic carbocycles. The van der Waals surface area contributed by atoms with Crippen LogP contribution in [0.5, 0.6) is 0 Å². The normalized spacial score (nSPS) is 8.77. The molecule has 0 saturated heterocycles. The monoisotopic (exact) mass is 220 g/mol. The Kier molecular flexibility index (Phi) is 14.8. The summed E-state index contributed by atoms with van der Waals surface area (Å²) in [5.74, 6) is -1.11. The predicted octanol–water partition coefficient (Wildman–Crippen LogP) is -0.107. The maximum absolute atomic E-state index is 9.79. The predicted molar refractivity (Wildman–Crippen MR) is 51.7 cm³/mol. The number of carboxylic acid groups (broad SMARTS) is 1. The summed E-state index contributed by atoms with van der Waals surface area (Å²) in [6, 6.07) is 0. The number of rotatable bonds is 3. The van der Waals surface area contributed by atoms with E-state index in [-0.39, 0.29) is 35.3 Å². The van der Waals surface area contributed by atoms with Crippen molar-refractivity contribution in [1.29, 1.82) is 0 Å². The molecular formula is C6H13NaO5S. The van der Waals surface area contributed by atoms with Crippen molar-refractivity contribution in [1.82, 2.24) is 0 Å². The molecule has 0 aliphatic rings. The molecule has 0 fully saturated rings. The standard InChI is InChI=1S/C3H8O3S.C3H4O2.Na.H/c1-2-3-7(4,5)6;1-2-3(4)5;;/h2-3H2,1H3,(H,4,5,6);2H,1H2,(H,4,5);;. The Labute approximate surface area is 99.9 Å². The summed E-state index contributed by atoms with van der Waals surface area (Å²) in [4.78, 5) is 9.25. The van der Waals surface area contributed by atoms with Gasteiger partial charge in [-0.3, -0.25) is 4.55 Å². The van der Waals surface area contributed by atoms with Gasteiger partial charge in [-0.05, 0) is 6.42 Å². The van der Waals surface area contributed by atoms with Gasteiger partial charge in [-0.25, -0.2) is 4.79 Å². The van der Waals surface area contributed by atoms with Crippen molar-refractivity contribution in [3.05, 3.63) is 12.7 Å². The molecule has 0 rings (SSSR count). The summed E-state index contributed by atoms with van der Waals surface area (Å²) in [6.45, 7) is 4.65. The van der Waals surface area contributed by atoms with Crippen LogP contribution in [-0.4, -0.2) is 59.4 Å². The van der Waals surface area contributed by atoms with E-state index in [2.05, 4.69) is 6.58 Å². The molecule has 0 atom stereocenters. The fraction of sp³-hybridized carbons (Fsp3) is 0.500. The van der Waals surface area contributed by atoms with Gasteiger partial charge >= 0.3 is 35.5 Å². The van der Waals surface area contributed by atoms with Crippen molar-refractivity contribution >= 4 is 45.6 Å². The Morgan fingerprint density at radius 3 is 1.85 bits per heavy atom. The average Bonchev–Trinajstić information content (AvgIpc) is 1.86. The van der Waals surface area contributed by atoms with E-state index in [0.29, 0.717) is 6.42 Å². The van der Waals surface area contributed by atoms with E-state index >= 15 is 0 Å². The van der Waals surface area contributed by atoms with Gasteiger partial charge in [0.25, 0.3) is 10.1 Å². The summed E-state index contributed by atoms with van der Waals surface area (Å²) in [7, 11) is -3.67. The van der Waals surface area contributed by atoms with Crippen molar-refractivity contribution < 1.29 is 22.9 Å². The van der Waals surface area contributed by atoms with E-state index in [4.69, 9.17) is 9.66 Å². The van der Waals surface area contributed by atoms with E-state index in [1.807, 2.05) is 0 Å². The minimum atomic E-state index is -3.67. The zero-order valence-corrected chi connectivity index (χ0v) is 7.54. The number of carbonyl (C=O) groups is 1. The summed E-state index contributed by atoms with van der Waals surface area (Å²) in [6.07, 6.45) is 1.30. The van der Waals surface area contributed by atoms with Crippen LogP contribution in [0.3, 0.4) is 0 Å². The van der Waals surface area contributed by atoms with E-state index in [1.54, 1.807) is 6.92 Å². The molecule has 0 saturated carbocycles. The van der Waals surface area contributed by atoms with Crippen LogP contribution in [0.1, 0.15) is 13.3 Å². The van der Waals surface area contributed by atoms with Crippen molar-refractivity contribution in [2.75, 3.05) is 5.75 Å². The van der Waals surface area contributed by atoms with E-state index < -0.39 is 16.1 Å². The van der Waals surface area contributed by atoms with E-state index in [1.165, 1.54) is 0 Å². The van der Waals surface area contributed by atoms with Crippen molar-refractivity contribution in [2.45, 2.75) is 13.3 Å². The molecule has 0 amide bonds. The molecule has 2 N–H and O–H groups in total. The van der Waals surface area contributed by atoms with Crippen LogP contribution in [0.25, 0.3) is 0 Å². The topological polar surface area (TPSA) is 91.7 Å². The molecule has 0 spiro atoms. The van der Waals surface area contributed by atoms with Crippen LogP contribution in [0.4, 0.5) is 0 Å². The van der Waals surface area contributed by atoms with Gasteiger partial charge in [0.1, 0.15) is 0 Å². The third-order valence-electron chi connectivity index (χ3n) is 0.637. The second-order valence-corrected chi connectivity index (χ2v) is 3.40. The summed E-state index contributed by atoms with van der Waals surface area (Å²) < 4.78 is 27.6. The molecule has 0 radical (unpaired) electrons. The Morgan fingerprint density at radius 1 is 1.54 bits per heavy atom. The zero-order valence-electron chi connectivity index (χ0n) is 6.73. The van der Waals surface area contributed by atoms with Crippen LogP contribution in [-0.2, 0) is 14.9 Å². The summed E-state index contributed by atoms with van der Waals surface area (Å²) in [5.41, 5.74) is 0. The Bertz CT molecular complexity index is 233. The number of hydrogen-bond donors (Lipinski definition) is 2. The van der Waals surface area contributed by atoms with Crippen LogP contribution in [0, 0.1) is 0 Å². The molecule has 0 heterocycles. The quantitative estimate of drug-likeness (QED) is 0.393. The summed E-state index contributed by atoms with van der Waals surface area (Å²) in [5, 5.41) is 7.60. The molecule has 74 valence electrons. The molecule has 0 aromatic carbocycles. The van der Waals surface area contributed by atoms with Gasteiger partial charge in [0.05, 0.1) is 5.75 Å². The first kappa shape index (κ1) is 18.8. The molecule has 0 aliphatic heterocycles. The average molecular weight is 220 g/mol. The first-order chi connectivity index (χ1) is 5.33. The SMILES string of the molecule is C=CC(=O)O.CCCS(=O)(=O)O.[NaH]. The zero-order chi connectivity index (χ0) is 10.2. The number of carboxylic acids is 1. The van der Waals surface area contributed by atoms with Gasteiger partial charge in [-0.2, -0.15) is 8.42 Å². The molecule has 5 nitrogen and oxygen atoms in total. The van der Waals surface area contributed by atoms with Crippen LogP contribution in [0.2, 0.25) is 0 Å². The van der Waals surface area contributed by atoms with Gasteiger partial charge in [0.2, 0.25) is 0 Å². The maximum atomic E-state index is 9.79. The minimum absolute atomic E-state index is 0. The van der Waals surface area contributed by atoms with Gasteiger partial charge in [-0.1, -0.05) is 13.5 Å². The number of hydrogen-bond acceptors (Lipinski definition) is 3. The third-order valence-corrected chi connectivity index (χ3v) is 1.56. The Hall–Kier alpha value is 0.120. The van der Waals surface area contributed by atoms with Crippen LogP contribution < -0.4 is 0 Å². The molecule has 0 aromatic heterocycles. The van der Waals surface area contributed by atoms with Gasteiger partial charge in [-0.15, -0.1) is 0 Å². The molecule has 0 bridgehead atoms. The second-order valence-electron chi connectivity index (χ2n) is 1.83. The molecule has 13 heavy (non-hydrogen) atoms. The van der Waals surface area contributed by atoms with E-state index in [9.17, 15) is 13.2 Å². The van der Waals surface area contributed by atoms with E-state index in [0.717, 1.165) is 6.08 Å². The third kappa shape index (κ3) is 33.1. The molecular weight excluding hydrogens is 207 g/mol. The molecule has 0 aromatic rings. The van der Waals surface area contributed by atoms with Crippen molar-refractivity contribution in [3.63, 3.8) is 0 Å². The van der Waals surface area contributed by atoms with Gasteiger partial charge in [0, 0.05) is 6.08 Å². The van der Waals surface area contributed by atoms with Crippen molar-refractivity contribution in [2.24, 2.45) is 0 Å². The van der Waals surface area contributed by atoms with Crippen LogP contribution >= 0.6 is 0 Å². The fourth-order valence-electron chi connectivity index (χ4n) is 0.258. The fourth-order valence-corrected chi connectivity index (χ4v) is 0.774. The first-order valence-electron chi connectivity index (χ1n) is 3.14. The van der Waals surface area contributed by atoms with Gasteiger partial charge < -0.3 is 5.11 Å². The molecule has 7 heteroatoms.